The van der Waals surface area contributed by atoms with Crippen molar-refractivity contribution in [2.75, 3.05) is 11.1 Å². The predicted octanol–water partition coefficient (Wildman–Crippen LogP) is 3.10. The minimum absolute atomic E-state index is 0.0646. The van der Waals surface area contributed by atoms with E-state index in [4.69, 9.17) is 0 Å². The number of amides is 1. The van der Waals surface area contributed by atoms with E-state index in [1.807, 2.05) is 11.8 Å². The summed E-state index contributed by atoms with van der Waals surface area (Å²) in [4.78, 5) is 12.2. The lowest BCUT2D eigenvalue weighted by molar-refractivity contribution is -0.122. The molecule has 1 amide bonds. The van der Waals surface area contributed by atoms with Gasteiger partial charge < -0.3 is 5.32 Å². The molecule has 1 unspecified atom stereocenters. The van der Waals surface area contributed by atoms with Gasteiger partial charge in [0.25, 0.3) is 0 Å². The fourth-order valence-corrected chi connectivity index (χ4v) is 4.53. The smallest absolute Gasteiger partial charge is 0.233 e. The highest BCUT2D eigenvalue weighted by Crippen LogP contribution is 2.33. The first-order chi connectivity index (χ1) is 7.76. The summed E-state index contributed by atoms with van der Waals surface area (Å²) >= 11 is 5.40. The molecule has 1 aliphatic heterocycles. The Labute approximate surface area is 110 Å². The number of carbonyl (C=O) groups is 1. The minimum atomic E-state index is 0.0646. The molecule has 2 fully saturated rings. The molecule has 0 aromatic rings. The number of carbonyl (C=O) groups excluding carboxylic acids is 1. The molecule has 1 saturated heterocycles. The standard InChI is InChI=1S/C12H20BrNOS/c13-9-12(6-2-3-7-12)14-11(15)10-5-1-4-8-16-10/h10H,1-9H2,(H,14,15). The Bertz CT molecular complexity index is 247. The van der Waals surface area contributed by atoms with Crippen LogP contribution in [-0.2, 0) is 4.79 Å². The van der Waals surface area contributed by atoms with Gasteiger partial charge >= 0.3 is 0 Å². The van der Waals surface area contributed by atoms with Crippen LogP contribution in [0.2, 0.25) is 0 Å². The van der Waals surface area contributed by atoms with E-state index in [9.17, 15) is 4.79 Å². The van der Waals surface area contributed by atoms with E-state index in [-0.39, 0.29) is 16.7 Å². The van der Waals surface area contributed by atoms with Crippen molar-refractivity contribution in [2.24, 2.45) is 0 Å². The summed E-state index contributed by atoms with van der Waals surface area (Å²) in [6.45, 7) is 0. The number of thioether (sulfide) groups is 1. The highest BCUT2D eigenvalue weighted by Gasteiger charge is 2.36. The minimum Gasteiger partial charge on any atom is -0.349 e. The maximum Gasteiger partial charge on any atom is 0.233 e. The van der Waals surface area contributed by atoms with E-state index in [0.717, 1.165) is 30.3 Å². The lowest BCUT2D eigenvalue weighted by Crippen LogP contribution is -2.51. The second kappa shape index (κ2) is 5.76. The molecule has 16 heavy (non-hydrogen) atoms. The van der Waals surface area contributed by atoms with Crippen molar-refractivity contribution in [3.8, 4) is 0 Å². The maximum absolute atomic E-state index is 12.2. The number of rotatable bonds is 3. The van der Waals surface area contributed by atoms with Gasteiger partial charge in [0, 0.05) is 10.9 Å². The Morgan fingerprint density at radius 1 is 1.31 bits per heavy atom. The summed E-state index contributed by atoms with van der Waals surface area (Å²) in [5.41, 5.74) is 0.0646. The molecule has 1 aliphatic carbocycles. The van der Waals surface area contributed by atoms with Gasteiger partial charge in [0.15, 0.2) is 0 Å². The van der Waals surface area contributed by atoms with Crippen molar-refractivity contribution in [3.05, 3.63) is 0 Å². The molecule has 0 bridgehead atoms. The number of nitrogens with one attached hydrogen (secondary N) is 1. The van der Waals surface area contributed by atoms with Gasteiger partial charge in [0.2, 0.25) is 5.91 Å². The van der Waals surface area contributed by atoms with E-state index >= 15 is 0 Å². The fraction of sp³-hybridized carbons (Fsp3) is 0.917. The zero-order valence-corrected chi connectivity index (χ0v) is 12.0. The summed E-state index contributed by atoms with van der Waals surface area (Å²) in [5.74, 6) is 1.44. The molecule has 0 aromatic heterocycles. The fourth-order valence-electron chi connectivity index (χ4n) is 2.63. The van der Waals surface area contributed by atoms with Gasteiger partial charge in [-0.15, -0.1) is 11.8 Å². The van der Waals surface area contributed by atoms with Crippen molar-refractivity contribution in [1.82, 2.24) is 5.32 Å². The maximum atomic E-state index is 12.2. The molecule has 1 atom stereocenters. The van der Waals surface area contributed by atoms with E-state index in [1.54, 1.807) is 0 Å². The van der Waals surface area contributed by atoms with Crippen molar-refractivity contribution < 1.29 is 4.79 Å². The van der Waals surface area contributed by atoms with Crippen LogP contribution in [0.1, 0.15) is 44.9 Å². The van der Waals surface area contributed by atoms with Crippen LogP contribution in [0.3, 0.4) is 0 Å². The normalized spacial score (nSPS) is 28.9. The third-order valence-electron chi connectivity index (χ3n) is 3.68. The molecule has 92 valence electrons. The predicted molar refractivity (Wildman–Crippen MR) is 73.2 cm³/mol. The third kappa shape index (κ3) is 2.95. The highest BCUT2D eigenvalue weighted by molar-refractivity contribution is 9.09. The van der Waals surface area contributed by atoms with Crippen LogP contribution in [0.5, 0.6) is 0 Å². The van der Waals surface area contributed by atoms with Crippen LogP contribution in [0.25, 0.3) is 0 Å². The van der Waals surface area contributed by atoms with Crippen LogP contribution < -0.4 is 5.32 Å². The average molecular weight is 306 g/mol. The number of halogens is 1. The lowest BCUT2D eigenvalue weighted by atomic mass is 10.00. The summed E-state index contributed by atoms with van der Waals surface area (Å²) in [7, 11) is 0. The Hall–Kier alpha value is 0.300. The number of hydrogen-bond donors (Lipinski definition) is 1. The first-order valence-electron chi connectivity index (χ1n) is 6.25. The largest absolute Gasteiger partial charge is 0.349 e. The van der Waals surface area contributed by atoms with Crippen LogP contribution in [-0.4, -0.2) is 27.8 Å². The molecule has 0 spiro atoms. The van der Waals surface area contributed by atoms with Crippen LogP contribution in [0.15, 0.2) is 0 Å². The van der Waals surface area contributed by atoms with E-state index < -0.39 is 0 Å². The van der Waals surface area contributed by atoms with Gasteiger partial charge in [-0.2, -0.15) is 0 Å². The lowest BCUT2D eigenvalue weighted by Gasteiger charge is -2.31. The molecule has 0 aromatic carbocycles. The summed E-state index contributed by atoms with van der Waals surface area (Å²) in [5, 5.41) is 4.42. The van der Waals surface area contributed by atoms with Crippen molar-refractivity contribution >= 4 is 33.6 Å². The quantitative estimate of drug-likeness (QED) is 0.812. The van der Waals surface area contributed by atoms with Gasteiger partial charge in [-0.3, -0.25) is 4.79 Å². The van der Waals surface area contributed by atoms with E-state index in [2.05, 4.69) is 21.2 Å². The molecule has 1 heterocycles. The monoisotopic (exact) mass is 305 g/mol. The van der Waals surface area contributed by atoms with Gasteiger partial charge in [-0.25, -0.2) is 0 Å². The third-order valence-corrected chi connectivity index (χ3v) is 6.13. The van der Waals surface area contributed by atoms with Crippen LogP contribution >= 0.6 is 27.7 Å². The Balaban J connectivity index is 1.89. The summed E-state index contributed by atoms with van der Waals surface area (Å²) in [6, 6.07) is 0. The number of hydrogen-bond acceptors (Lipinski definition) is 2. The molecular formula is C12H20BrNOS. The highest BCUT2D eigenvalue weighted by atomic mass is 79.9. The van der Waals surface area contributed by atoms with Crippen molar-refractivity contribution in [2.45, 2.75) is 55.7 Å². The topological polar surface area (TPSA) is 29.1 Å². The van der Waals surface area contributed by atoms with Gasteiger partial charge in [0.05, 0.1) is 5.25 Å². The molecule has 2 rings (SSSR count). The van der Waals surface area contributed by atoms with Gasteiger partial charge in [0.1, 0.15) is 0 Å². The van der Waals surface area contributed by atoms with Gasteiger partial charge in [-0.05, 0) is 31.4 Å². The number of alkyl halides is 1. The van der Waals surface area contributed by atoms with E-state index in [1.165, 1.54) is 25.7 Å². The molecule has 1 saturated carbocycles. The molecule has 1 N–H and O–H groups in total. The zero-order chi connectivity index (χ0) is 11.4. The SMILES string of the molecule is O=C(NC1(CBr)CCCC1)C1CCCCS1. The first-order valence-corrected chi connectivity index (χ1v) is 8.42. The molecular weight excluding hydrogens is 286 g/mol. The Morgan fingerprint density at radius 2 is 2.06 bits per heavy atom. The second-order valence-electron chi connectivity index (χ2n) is 4.97. The van der Waals surface area contributed by atoms with Crippen LogP contribution in [0.4, 0.5) is 0 Å². The molecule has 0 radical (unpaired) electrons. The van der Waals surface area contributed by atoms with Crippen LogP contribution in [0, 0.1) is 0 Å². The summed E-state index contributed by atoms with van der Waals surface area (Å²) in [6.07, 6.45) is 8.34. The first kappa shape index (κ1) is 12.7. The van der Waals surface area contributed by atoms with E-state index in [0.29, 0.717) is 0 Å². The summed E-state index contributed by atoms with van der Waals surface area (Å²) < 4.78 is 0. The van der Waals surface area contributed by atoms with Crippen molar-refractivity contribution in [1.29, 1.82) is 0 Å². The Kier molecular flexibility index (Phi) is 4.59. The Morgan fingerprint density at radius 3 is 2.62 bits per heavy atom. The average Bonchev–Trinajstić information content (AvgIpc) is 2.79. The van der Waals surface area contributed by atoms with Gasteiger partial charge in [-0.1, -0.05) is 35.2 Å². The molecule has 2 nitrogen and oxygen atoms in total. The second-order valence-corrected chi connectivity index (χ2v) is 6.84. The zero-order valence-electron chi connectivity index (χ0n) is 9.64. The molecule has 4 heteroatoms. The molecule has 2 aliphatic rings. The van der Waals surface area contributed by atoms with Crippen molar-refractivity contribution in [3.63, 3.8) is 0 Å².